The second kappa shape index (κ2) is 7.25. The summed E-state index contributed by atoms with van der Waals surface area (Å²) in [6.07, 6.45) is 50.3. The van der Waals surface area contributed by atoms with E-state index in [-0.39, 0.29) is 0 Å². The van der Waals surface area contributed by atoms with Crippen molar-refractivity contribution in [2.75, 3.05) is 0 Å². The molecule has 0 fully saturated rings. The van der Waals surface area contributed by atoms with Crippen molar-refractivity contribution in [3.63, 3.8) is 0 Å². The van der Waals surface area contributed by atoms with Gasteiger partial charge in [-0.2, -0.15) is 0 Å². The molecule has 0 bridgehead atoms. The van der Waals surface area contributed by atoms with E-state index in [1.807, 2.05) is 0 Å². The molecule has 0 saturated heterocycles. The third-order valence-corrected chi connectivity index (χ3v) is 9.08. The van der Waals surface area contributed by atoms with Crippen LogP contribution in [0.15, 0.2) is 234 Å². The molecule has 0 aliphatic heterocycles. The predicted octanol–water partition coefficient (Wildman–Crippen LogP) is 8.91. The molecule has 0 heteroatoms. The maximum atomic E-state index is 2.35. The molecule has 0 spiro atoms. The Morgan fingerprint density at radius 2 is 0.350 bits per heavy atom. The highest BCUT2D eigenvalue weighted by atomic mass is 14.3. The highest BCUT2D eigenvalue weighted by Crippen LogP contribution is 2.45. The van der Waals surface area contributed by atoms with E-state index in [1.165, 1.54) is 100 Å². The van der Waals surface area contributed by atoms with Gasteiger partial charge >= 0.3 is 0 Å². The Hall–Kier alpha value is -5.20. The van der Waals surface area contributed by atoms with Crippen LogP contribution in [0.25, 0.3) is 0 Å². The van der Waals surface area contributed by atoms with Gasteiger partial charge in [0.1, 0.15) is 0 Å². The van der Waals surface area contributed by atoms with Gasteiger partial charge in [0.2, 0.25) is 0 Å². The minimum Gasteiger partial charge on any atom is -0.0610 e. The fraction of sp³-hybridized carbons (Fsp3) is 0. The molecular weight excluding hydrogens is 480 g/mol. The molecule has 182 valence electrons. The van der Waals surface area contributed by atoms with E-state index in [0.717, 1.165) is 0 Å². The maximum Gasteiger partial charge on any atom is -0.0171 e. The lowest BCUT2D eigenvalue weighted by atomic mass is 10.0. The van der Waals surface area contributed by atoms with Gasteiger partial charge < -0.3 is 0 Å². The topological polar surface area (TPSA) is 0 Å². The lowest BCUT2D eigenvalue weighted by Gasteiger charge is -2.00. The molecule has 0 heterocycles. The average molecular weight is 503 g/mol. The van der Waals surface area contributed by atoms with Crippen molar-refractivity contribution in [2.45, 2.75) is 0 Å². The Morgan fingerprint density at radius 3 is 0.550 bits per heavy atom. The number of allylic oxidation sites excluding steroid dienone is 40. The first-order valence-electron chi connectivity index (χ1n) is 14.0. The Labute approximate surface area is 233 Å². The molecule has 40 heavy (non-hydrogen) atoms. The van der Waals surface area contributed by atoms with Gasteiger partial charge in [-0.15, -0.1) is 0 Å². The minimum absolute atomic E-state index is 1.31. The zero-order valence-electron chi connectivity index (χ0n) is 21.7. The zero-order chi connectivity index (χ0) is 25.9. The lowest BCUT2D eigenvalue weighted by molar-refractivity contribution is 1.54. The van der Waals surface area contributed by atoms with Crippen LogP contribution in [0.1, 0.15) is 0 Å². The summed E-state index contributed by atoms with van der Waals surface area (Å²) in [7, 11) is 0. The zero-order valence-corrected chi connectivity index (χ0v) is 21.7. The number of rotatable bonds is 4. The van der Waals surface area contributed by atoms with Gasteiger partial charge in [-0.05, 0) is 198 Å². The summed E-state index contributed by atoms with van der Waals surface area (Å²) >= 11 is 0. The summed E-state index contributed by atoms with van der Waals surface area (Å²) in [5, 5.41) is 0. The van der Waals surface area contributed by atoms with Crippen LogP contribution in [0.3, 0.4) is 0 Å². The number of fused-ring (bicyclic) bond motifs is 5. The molecule has 0 radical (unpaired) electrons. The largest absolute Gasteiger partial charge is 0.0610 e. The van der Waals surface area contributed by atoms with Gasteiger partial charge in [-0.3, -0.25) is 0 Å². The molecule has 0 N–H and O–H groups in total. The van der Waals surface area contributed by atoms with Crippen LogP contribution >= 0.6 is 0 Å². The van der Waals surface area contributed by atoms with Gasteiger partial charge in [0, 0.05) is 0 Å². The Morgan fingerprint density at radius 1 is 0.175 bits per heavy atom. The standard InChI is InChI=1S/C40H22/c1-3-23-7-27(8-24(23)4-1)29-11-31-15-35(16-32(31)12-29)37-19-39-21-38(22-40(39)20-37)36-17-33-13-30(14-34(33)18-36)28-9-25-5-2-6-26(25)10-28/h1-22H. The van der Waals surface area contributed by atoms with Crippen molar-refractivity contribution in [3.05, 3.63) is 234 Å². The molecule has 0 saturated carbocycles. The fourth-order valence-corrected chi connectivity index (χ4v) is 7.02. The summed E-state index contributed by atoms with van der Waals surface area (Å²) in [5.41, 5.74) is 23.7. The lowest BCUT2D eigenvalue weighted by Crippen LogP contribution is -1.82. The molecule has 0 aromatic carbocycles. The molecule has 0 atom stereocenters. The van der Waals surface area contributed by atoms with Crippen molar-refractivity contribution in [1.82, 2.24) is 0 Å². The van der Waals surface area contributed by atoms with Gasteiger partial charge in [0.25, 0.3) is 0 Å². The molecule has 0 unspecified atom stereocenters. The molecule has 0 aromatic rings. The van der Waals surface area contributed by atoms with Crippen molar-refractivity contribution < 1.29 is 0 Å². The normalized spacial score (nSPS) is 25.0. The average Bonchev–Trinajstić information content (AvgIpc) is 3.74. The fourth-order valence-electron chi connectivity index (χ4n) is 7.02. The molecule has 0 nitrogen and oxygen atoms in total. The molecule has 10 rings (SSSR count). The van der Waals surface area contributed by atoms with Gasteiger partial charge in [0.15, 0.2) is 0 Å². The highest BCUT2D eigenvalue weighted by molar-refractivity contribution is 5.81. The van der Waals surface area contributed by atoms with E-state index in [0.29, 0.717) is 0 Å². The molecule has 10 aliphatic rings. The summed E-state index contributed by atoms with van der Waals surface area (Å²) in [5.74, 6) is 0. The molecule has 0 amide bonds. The first-order valence-corrected chi connectivity index (χ1v) is 14.0. The highest BCUT2D eigenvalue weighted by Gasteiger charge is 2.27. The summed E-state index contributed by atoms with van der Waals surface area (Å²) in [6, 6.07) is 0. The summed E-state index contributed by atoms with van der Waals surface area (Å²) in [6.45, 7) is 0. The Bertz CT molecular complexity index is 1970. The second-order valence-corrected chi connectivity index (χ2v) is 11.6. The van der Waals surface area contributed by atoms with Crippen LogP contribution in [0, 0.1) is 0 Å². The SMILES string of the molecule is C1=CC2=CC(C3=CC4=CC(C5=CC6=CC(C7=CC8=CC(C9=CC%10=CC=CC%10=C9)=CC8=C7)=CC6=C5)=CC4=C3)=CC2=C1. The Kier molecular flexibility index (Phi) is 3.76. The number of hydrogen-bond donors (Lipinski definition) is 0. The van der Waals surface area contributed by atoms with E-state index < -0.39 is 0 Å². The second-order valence-electron chi connectivity index (χ2n) is 11.6. The van der Waals surface area contributed by atoms with Crippen LogP contribution in [0.5, 0.6) is 0 Å². The van der Waals surface area contributed by atoms with Gasteiger partial charge in [-0.1, -0.05) is 36.5 Å². The third kappa shape index (κ3) is 2.91. The van der Waals surface area contributed by atoms with E-state index in [1.54, 1.807) is 0 Å². The van der Waals surface area contributed by atoms with Crippen LogP contribution < -0.4 is 0 Å². The van der Waals surface area contributed by atoms with E-state index in [9.17, 15) is 0 Å². The quantitative estimate of drug-likeness (QED) is 0.360. The van der Waals surface area contributed by atoms with E-state index >= 15 is 0 Å². The smallest absolute Gasteiger partial charge is 0.0171 e. The van der Waals surface area contributed by atoms with Gasteiger partial charge in [0.05, 0.1) is 0 Å². The first kappa shape index (κ1) is 20.7. The van der Waals surface area contributed by atoms with Crippen LogP contribution in [-0.4, -0.2) is 0 Å². The monoisotopic (exact) mass is 502 g/mol. The van der Waals surface area contributed by atoms with Crippen molar-refractivity contribution in [1.29, 1.82) is 0 Å². The third-order valence-electron chi connectivity index (χ3n) is 9.08. The van der Waals surface area contributed by atoms with Crippen molar-refractivity contribution in [2.24, 2.45) is 0 Å². The first-order chi connectivity index (χ1) is 19.7. The van der Waals surface area contributed by atoms with Crippen LogP contribution in [-0.2, 0) is 0 Å². The Balaban J connectivity index is 0.861. The summed E-state index contributed by atoms with van der Waals surface area (Å²) < 4.78 is 0. The molecule has 10 aliphatic carbocycles. The van der Waals surface area contributed by atoms with Crippen molar-refractivity contribution >= 4 is 0 Å². The van der Waals surface area contributed by atoms with Crippen LogP contribution in [0.4, 0.5) is 0 Å². The molecule has 0 aromatic heterocycles. The minimum atomic E-state index is 1.31. The van der Waals surface area contributed by atoms with Crippen LogP contribution in [0.2, 0.25) is 0 Å². The van der Waals surface area contributed by atoms with E-state index in [4.69, 9.17) is 0 Å². The van der Waals surface area contributed by atoms with E-state index in [2.05, 4.69) is 134 Å². The molecular formula is C40H22. The van der Waals surface area contributed by atoms with Gasteiger partial charge in [-0.25, -0.2) is 0 Å². The predicted molar refractivity (Wildman–Crippen MR) is 164 cm³/mol. The summed E-state index contributed by atoms with van der Waals surface area (Å²) in [4.78, 5) is 0. The number of hydrogen-bond acceptors (Lipinski definition) is 0. The van der Waals surface area contributed by atoms with Crippen molar-refractivity contribution in [3.8, 4) is 0 Å². The maximum absolute atomic E-state index is 2.35.